The van der Waals surface area contributed by atoms with Gasteiger partial charge in [-0.05, 0) is 37.8 Å². The summed E-state index contributed by atoms with van der Waals surface area (Å²) in [6, 6.07) is 0. The van der Waals surface area contributed by atoms with E-state index in [-0.39, 0.29) is 20.3 Å². The van der Waals surface area contributed by atoms with E-state index in [1.54, 1.807) is 0 Å². The Bertz CT molecular complexity index is 140. The summed E-state index contributed by atoms with van der Waals surface area (Å²) < 4.78 is 0. The van der Waals surface area contributed by atoms with Gasteiger partial charge in [-0.25, -0.2) is 0 Å². The Hall–Kier alpha value is 0.557. The first-order valence-electron chi connectivity index (χ1n) is 7.99. The normalized spacial score (nSPS) is 14.0. The molecule has 0 aliphatic carbocycles. The third-order valence-corrected chi connectivity index (χ3v) is 3.95. The molecule has 0 spiro atoms. The van der Waals surface area contributed by atoms with E-state index in [1.165, 1.54) is 64.5 Å². The van der Waals surface area contributed by atoms with E-state index in [4.69, 9.17) is 0 Å². The molecule has 0 saturated carbocycles. The molecule has 1 nitrogen and oxygen atoms in total. The van der Waals surface area contributed by atoms with Crippen molar-refractivity contribution in [2.45, 2.75) is 79.1 Å². The molecule has 0 aromatic carbocycles. The van der Waals surface area contributed by atoms with Gasteiger partial charge in [-0.15, -0.1) is 0 Å². The molecule has 0 aliphatic rings. The largest absolute Gasteiger partial charge is 1.00 e. The van der Waals surface area contributed by atoms with Crippen LogP contribution in [0.5, 0.6) is 0 Å². The topological polar surface area (TPSA) is 12.0 Å². The maximum absolute atomic E-state index is 3.71. The summed E-state index contributed by atoms with van der Waals surface area (Å²) in [5.74, 6) is 1.80. The molecule has 0 amide bonds. The maximum Gasteiger partial charge on any atom is 1.00 e. The fourth-order valence-electron chi connectivity index (χ4n) is 2.38. The molecule has 106 valence electrons. The monoisotopic (exact) mass is 249 g/mol. The summed E-state index contributed by atoms with van der Waals surface area (Å²) in [6.07, 6.45) is 10.9. The summed E-state index contributed by atoms with van der Waals surface area (Å²) >= 11 is 0. The predicted octanol–water partition coefficient (Wildman–Crippen LogP) is 2.13. The number of nitrogens with one attached hydrogen (secondary N) is 1. The van der Waals surface area contributed by atoms with Crippen molar-refractivity contribution in [1.82, 2.24) is 5.32 Å². The van der Waals surface area contributed by atoms with Crippen LogP contribution in [0.1, 0.15) is 80.5 Å². The fraction of sp³-hybridized carbons (Fsp3) is 1.00. The van der Waals surface area contributed by atoms with Crippen LogP contribution in [0.2, 0.25) is 0 Å². The van der Waals surface area contributed by atoms with Crippen molar-refractivity contribution in [3.8, 4) is 0 Å². The van der Waals surface area contributed by atoms with Crippen molar-refractivity contribution in [3.63, 3.8) is 0 Å². The third-order valence-electron chi connectivity index (χ3n) is 3.95. The first-order chi connectivity index (χ1) is 8.28. The zero-order chi connectivity index (χ0) is 12.9. The zero-order valence-electron chi connectivity index (χ0n) is 14.7. The van der Waals surface area contributed by atoms with Crippen molar-refractivity contribution < 1.29 is 20.3 Å². The van der Waals surface area contributed by atoms with Gasteiger partial charge < -0.3 is 6.74 Å². The van der Waals surface area contributed by atoms with Gasteiger partial charge in [0.1, 0.15) is 0 Å². The summed E-state index contributed by atoms with van der Waals surface area (Å²) in [5, 5.41) is 3.71. The van der Waals surface area contributed by atoms with Crippen molar-refractivity contribution >= 4 is 0 Å². The molecule has 18 heavy (non-hydrogen) atoms. The van der Waals surface area contributed by atoms with Gasteiger partial charge in [0.25, 0.3) is 0 Å². The molecule has 0 fully saturated rings. The molecule has 2 unspecified atom stereocenters. The SMILES string of the molecule is CCCCC(CC)CNCC(CC)CCCC.[H-].[Li+]. The van der Waals surface area contributed by atoms with Gasteiger partial charge in [0.05, 0.1) is 0 Å². The Morgan fingerprint density at radius 2 is 1.17 bits per heavy atom. The minimum Gasteiger partial charge on any atom is -1.00 e. The van der Waals surface area contributed by atoms with Crippen molar-refractivity contribution in [2.24, 2.45) is 11.8 Å². The molecular formula is C16H36LiN. The number of hydrogen-bond acceptors (Lipinski definition) is 1. The summed E-state index contributed by atoms with van der Waals surface area (Å²) in [6.45, 7) is 11.7. The second-order valence-corrected chi connectivity index (χ2v) is 5.49. The van der Waals surface area contributed by atoms with Crippen LogP contribution in [-0.4, -0.2) is 13.1 Å². The molecular weight excluding hydrogens is 213 g/mol. The first kappa shape index (κ1) is 20.9. The second-order valence-electron chi connectivity index (χ2n) is 5.49. The van der Waals surface area contributed by atoms with E-state index >= 15 is 0 Å². The minimum atomic E-state index is 0. The van der Waals surface area contributed by atoms with Gasteiger partial charge in [0, 0.05) is 0 Å². The Labute approximate surface area is 130 Å². The Balaban J connectivity index is -0.00000128. The molecule has 0 rings (SSSR count). The smallest absolute Gasteiger partial charge is 1.00 e. The van der Waals surface area contributed by atoms with Crippen LogP contribution in [0, 0.1) is 11.8 Å². The van der Waals surface area contributed by atoms with Crippen LogP contribution < -0.4 is 24.2 Å². The van der Waals surface area contributed by atoms with E-state index in [9.17, 15) is 0 Å². The Morgan fingerprint density at radius 1 is 0.778 bits per heavy atom. The van der Waals surface area contributed by atoms with E-state index < -0.39 is 0 Å². The minimum absolute atomic E-state index is 0. The number of hydrogen-bond donors (Lipinski definition) is 1. The molecule has 0 bridgehead atoms. The average molecular weight is 249 g/mol. The van der Waals surface area contributed by atoms with Gasteiger partial charge >= 0.3 is 18.9 Å². The average Bonchev–Trinajstić information content (AvgIpc) is 2.37. The molecule has 0 saturated heterocycles. The molecule has 0 heterocycles. The van der Waals surface area contributed by atoms with Gasteiger partial charge in [-0.1, -0.05) is 66.2 Å². The zero-order valence-corrected chi connectivity index (χ0v) is 13.7. The quantitative estimate of drug-likeness (QED) is 0.523. The second kappa shape index (κ2) is 15.6. The van der Waals surface area contributed by atoms with Gasteiger partial charge in [-0.3, -0.25) is 0 Å². The fourth-order valence-corrected chi connectivity index (χ4v) is 2.38. The van der Waals surface area contributed by atoms with Crippen LogP contribution in [0.4, 0.5) is 0 Å². The van der Waals surface area contributed by atoms with Crippen LogP contribution in [0.25, 0.3) is 0 Å². The van der Waals surface area contributed by atoms with E-state index in [2.05, 4.69) is 33.0 Å². The van der Waals surface area contributed by atoms with Gasteiger partial charge in [0.15, 0.2) is 0 Å². The molecule has 0 aliphatic heterocycles. The molecule has 0 aromatic rings. The Kier molecular flexibility index (Phi) is 18.1. The van der Waals surface area contributed by atoms with E-state index in [0.717, 1.165) is 11.8 Å². The standard InChI is InChI=1S/C16H35N.Li.H/c1-5-9-11-15(7-3)13-17-14-16(8-4)12-10-6-2;;/h15-17H,5-14H2,1-4H3;;/q;+1;-1. The molecule has 2 atom stereocenters. The van der Waals surface area contributed by atoms with Crippen LogP contribution in [0.15, 0.2) is 0 Å². The Morgan fingerprint density at radius 3 is 1.44 bits per heavy atom. The van der Waals surface area contributed by atoms with Crippen molar-refractivity contribution in [1.29, 1.82) is 0 Å². The molecule has 2 heteroatoms. The first-order valence-corrected chi connectivity index (χ1v) is 7.99. The van der Waals surface area contributed by atoms with Gasteiger partial charge in [0.2, 0.25) is 0 Å². The van der Waals surface area contributed by atoms with Crippen LogP contribution in [0.3, 0.4) is 0 Å². The van der Waals surface area contributed by atoms with E-state index in [1.807, 2.05) is 0 Å². The number of unbranched alkanes of at least 4 members (excludes halogenated alkanes) is 2. The summed E-state index contributed by atoms with van der Waals surface area (Å²) in [7, 11) is 0. The summed E-state index contributed by atoms with van der Waals surface area (Å²) in [5.41, 5.74) is 0. The predicted molar refractivity (Wildman–Crippen MR) is 80.6 cm³/mol. The van der Waals surface area contributed by atoms with Crippen LogP contribution >= 0.6 is 0 Å². The van der Waals surface area contributed by atoms with E-state index in [0.29, 0.717) is 0 Å². The van der Waals surface area contributed by atoms with Crippen LogP contribution in [-0.2, 0) is 0 Å². The molecule has 1 N–H and O–H groups in total. The summed E-state index contributed by atoms with van der Waals surface area (Å²) in [4.78, 5) is 0. The number of rotatable bonds is 12. The van der Waals surface area contributed by atoms with Gasteiger partial charge in [-0.2, -0.15) is 0 Å². The molecule has 0 radical (unpaired) electrons. The maximum atomic E-state index is 3.71. The van der Waals surface area contributed by atoms with Crippen molar-refractivity contribution in [3.05, 3.63) is 0 Å². The molecule has 0 aromatic heterocycles. The third kappa shape index (κ3) is 11.6. The van der Waals surface area contributed by atoms with Crippen molar-refractivity contribution in [2.75, 3.05) is 13.1 Å².